The van der Waals surface area contributed by atoms with Crippen LogP contribution < -0.4 is 92.1 Å². The summed E-state index contributed by atoms with van der Waals surface area (Å²) in [4.78, 5) is 270. The second-order valence-electron chi connectivity index (χ2n) is 27.2. The van der Waals surface area contributed by atoms with Crippen molar-refractivity contribution in [2.45, 2.75) is 183 Å². The molecule has 4 fully saturated rings. The predicted octanol–water partition coefficient (Wildman–Crippen LogP) is -10.1. The Morgan fingerprint density at radius 1 is 0.495 bits per heavy atom. The quantitative estimate of drug-likeness (QED) is 0.0694. The number of primary amides is 3. The first-order valence-electron chi connectivity index (χ1n) is 35.4. The SMILES string of the molecule is CC(C)C[C@@H]1NC(=O)[C@H](CC(N)=O)NC(=O)[C@@H]2CCCN2C(=O)[C@H](Cc2cnc[nH]2)NC(=O)[C@H](CC(N)=O)NC(=O)[C@H](C(C)C)NC(=O)[C@H](CO)NC(=O)[C@@H]2CSSC[C@H](NC(=O)CN)C(=O)N[C@@H](CSSC[C@@H](C(N)=O)NC1=O)C(=O)N[C@@H](CO)C(=O)N[C@@H](Cc1cnc[nH]1)C(=O)N1CCC[C@H]1C(=O)N[C@@H](C)C(=O)N2. The first kappa shape index (κ1) is 90.0. The van der Waals surface area contributed by atoms with Crippen molar-refractivity contribution in [1.29, 1.82) is 0 Å². The van der Waals surface area contributed by atoms with Crippen molar-refractivity contribution in [3.05, 3.63) is 36.4 Å². The molecular weight excluding hydrogens is 1540 g/mol. The van der Waals surface area contributed by atoms with Crippen LogP contribution in [0.3, 0.4) is 0 Å². The van der Waals surface area contributed by atoms with Gasteiger partial charge in [0.2, 0.25) is 106 Å². The minimum atomic E-state index is -1.95. The molecule has 2 bridgehead atoms. The van der Waals surface area contributed by atoms with Crippen molar-refractivity contribution < 1.29 is 96.5 Å². The molecule has 6 heterocycles. The Bertz CT molecular complexity index is 3690. The van der Waals surface area contributed by atoms with Crippen molar-refractivity contribution in [3.8, 4) is 0 Å². The lowest BCUT2D eigenvalue weighted by Gasteiger charge is -2.31. The molecule has 612 valence electrons. The average molecular weight is 1640 g/mol. The highest BCUT2D eigenvalue weighted by Gasteiger charge is 2.44. The molecule has 18 amide bonds. The summed E-state index contributed by atoms with van der Waals surface area (Å²) in [5, 5.41) is 53.4. The molecule has 15 atom stereocenters. The third kappa shape index (κ3) is 27.3. The second kappa shape index (κ2) is 43.7. The van der Waals surface area contributed by atoms with Gasteiger partial charge in [-0.2, -0.15) is 0 Å². The molecule has 6 rings (SSSR count). The standard InChI is InChI=1S/C64H97N23O20S4/c1-28(2)12-33-52(95)82-40(50(68)93)22-108-110-25-43-59(102)80-38(20-88)55(98)79-37(14-32-19-70-27-72-32)64(107)86-10-6-8-44(86)60(103)73-30(5)51(94)83-42(24-111-109-23-41(57(100)84-43)74-48(92)17-65)58(101)81-39(21-89)56(99)85-49(29(3)4)62(105)77-35(16-47(67)91)54(97)78-36(13-31-18-69-26-71-31)63(106)87-11-7-9-45(87)61(104)76-34(15-46(66)90)53(96)75-33/h18-19,26-30,33-45,49,88-89H,6-17,20-25,65H2,1-5H3,(H2,66,90)(H2,67,91)(H2,68,93)(H,69,71)(H,70,72)(H,73,103)(H,74,92)(H,75,96)(H,76,104)(H,77,105)(H,78,97)(H,79,98)(H,80,102)(H,81,101)(H,82,95)(H,83,94)(H,84,100)(H,85,99)/t30-,33-,34-,35-,36-,37-,38-,39-,40-,41-,42-,43-,44-,45-,49-/m0/s1. The Kier molecular flexibility index (Phi) is 35.4. The van der Waals surface area contributed by atoms with Crippen LogP contribution in [0.25, 0.3) is 0 Å². The summed E-state index contributed by atoms with van der Waals surface area (Å²) < 4.78 is 0. The maximum Gasteiger partial charge on any atom is 0.246 e. The van der Waals surface area contributed by atoms with Gasteiger partial charge in [-0.25, -0.2) is 9.97 Å². The highest BCUT2D eigenvalue weighted by atomic mass is 33.1. The minimum absolute atomic E-state index is 0.0453. The zero-order chi connectivity index (χ0) is 81.9. The lowest BCUT2D eigenvalue weighted by Crippen LogP contribution is -2.62. The van der Waals surface area contributed by atoms with Gasteiger partial charge in [-0.3, -0.25) is 86.3 Å². The normalized spacial score (nSPS) is 28.1. The third-order valence-electron chi connectivity index (χ3n) is 17.8. The number of aliphatic hydroxyl groups excluding tert-OH is 2. The number of aromatic amines is 2. The molecule has 111 heavy (non-hydrogen) atoms. The molecule has 4 aliphatic rings. The fourth-order valence-electron chi connectivity index (χ4n) is 11.9. The van der Waals surface area contributed by atoms with E-state index in [9.17, 15) is 96.5 Å². The molecule has 0 spiro atoms. The van der Waals surface area contributed by atoms with E-state index in [2.05, 4.69) is 89.1 Å². The third-order valence-corrected chi connectivity index (χ3v) is 22.6. The van der Waals surface area contributed by atoms with Crippen LogP contribution in [0, 0.1) is 11.8 Å². The number of H-pyrrole nitrogens is 2. The van der Waals surface area contributed by atoms with E-state index < -0.39 is 258 Å². The number of fused-ring (bicyclic) bond motifs is 10. The highest BCUT2D eigenvalue weighted by Crippen LogP contribution is 2.27. The van der Waals surface area contributed by atoms with Gasteiger partial charge in [-0.15, -0.1) is 0 Å². The molecule has 4 saturated heterocycles. The van der Waals surface area contributed by atoms with E-state index >= 15 is 0 Å². The summed E-state index contributed by atoms with van der Waals surface area (Å²) in [6.07, 6.45) is 3.04. The van der Waals surface area contributed by atoms with Crippen LogP contribution in [-0.4, -0.2) is 293 Å². The number of carbonyl (C=O) groups excluding carboxylic acids is 18. The number of carbonyl (C=O) groups is 18. The number of amides is 18. The van der Waals surface area contributed by atoms with Crippen LogP contribution in [0.4, 0.5) is 0 Å². The first-order chi connectivity index (χ1) is 52.6. The Morgan fingerprint density at radius 3 is 1.35 bits per heavy atom. The predicted molar refractivity (Wildman–Crippen MR) is 399 cm³/mol. The number of nitrogens with zero attached hydrogens (tertiary/aromatic N) is 4. The molecule has 2 aromatic heterocycles. The number of aromatic nitrogens is 4. The topological polar surface area (TPSA) is 672 Å². The van der Waals surface area contributed by atoms with Crippen LogP contribution in [0.5, 0.6) is 0 Å². The molecule has 0 aromatic carbocycles. The Balaban J connectivity index is 1.44. The van der Waals surface area contributed by atoms with Gasteiger partial charge >= 0.3 is 0 Å². The van der Waals surface area contributed by atoms with Crippen molar-refractivity contribution in [2.75, 3.05) is 55.9 Å². The van der Waals surface area contributed by atoms with Crippen molar-refractivity contribution in [2.24, 2.45) is 34.8 Å². The zero-order valence-corrected chi connectivity index (χ0v) is 64.6. The van der Waals surface area contributed by atoms with Gasteiger partial charge in [0.1, 0.15) is 90.6 Å². The van der Waals surface area contributed by atoms with E-state index in [1.54, 1.807) is 13.8 Å². The Hall–Kier alpha value is -9.84. The van der Waals surface area contributed by atoms with E-state index in [1.807, 2.05) is 0 Å². The van der Waals surface area contributed by atoms with Gasteiger partial charge in [0, 0.05) is 72.7 Å². The molecule has 0 unspecified atom stereocenters. The molecule has 0 saturated carbocycles. The number of imidazole rings is 2. The fraction of sp³-hybridized carbons (Fsp3) is 0.625. The van der Waals surface area contributed by atoms with Gasteiger partial charge in [0.25, 0.3) is 0 Å². The number of nitrogens with one attached hydrogen (secondary N) is 15. The second-order valence-corrected chi connectivity index (χ2v) is 32.3. The largest absolute Gasteiger partial charge is 0.394 e. The first-order valence-corrected chi connectivity index (χ1v) is 40.4. The molecule has 43 nitrogen and oxygen atoms in total. The van der Waals surface area contributed by atoms with E-state index in [-0.39, 0.29) is 69.6 Å². The zero-order valence-electron chi connectivity index (χ0n) is 61.3. The van der Waals surface area contributed by atoms with Crippen molar-refractivity contribution >= 4 is 150 Å². The summed E-state index contributed by atoms with van der Waals surface area (Å²) in [6.45, 7) is 4.34. The van der Waals surface area contributed by atoms with E-state index in [1.165, 1.54) is 45.8 Å². The number of hydrogen-bond acceptors (Lipinski definition) is 27. The summed E-state index contributed by atoms with van der Waals surface area (Å²) in [5.74, 6) is -22.2. The smallest absolute Gasteiger partial charge is 0.246 e. The number of aliphatic hydroxyl groups is 2. The van der Waals surface area contributed by atoms with Crippen LogP contribution in [0.1, 0.15) is 91.0 Å². The Labute approximate surface area is 651 Å². The van der Waals surface area contributed by atoms with Gasteiger partial charge in [-0.05, 0) is 50.9 Å². The molecule has 4 aliphatic heterocycles. The maximum absolute atomic E-state index is 14.8. The number of hydrogen-bond donors (Lipinski definition) is 21. The number of rotatable bonds is 16. The fourth-order valence-corrected chi connectivity index (χ4v) is 16.6. The number of nitrogens with two attached hydrogens (primary N) is 4. The van der Waals surface area contributed by atoms with Gasteiger partial charge in [0.05, 0.1) is 45.3 Å². The summed E-state index contributed by atoms with van der Waals surface area (Å²) in [7, 11) is 3.18. The van der Waals surface area contributed by atoms with Gasteiger partial charge in [-0.1, -0.05) is 70.9 Å². The average Bonchev–Trinajstić information content (AvgIpc) is 1.73. The molecule has 0 radical (unpaired) electrons. The van der Waals surface area contributed by atoms with Gasteiger partial charge < -0.3 is 122 Å². The van der Waals surface area contributed by atoms with Crippen molar-refractivity contribution in [1.82, 2.24) is 98.9 Å². The lowest BCUT2D eigenvalue weighted by molar-refractivity contribution is -0.143. The van der Waals surface area contributed by atoms with Crippen molar-refractivity contribution in [3.63, 3.8) is 0 Å². The Morgan fingerprint density at radius 2 is 0.910 bits per heavy atom. The molecule has 2 aromatic rings. The van der Waals surface area contributed by atoms with E-state index in [0.29, 0.717) is 5.69 Å². The molecule has 25 N–H and O–H groups in total. The molecule has 0 aliphatic carbocycles. The van der Waals surface area contributed by atoms with E-state index in [4.69, 9.17) is 22.9 Å². The maximum atomic E-state index is 14.8. The minimum Gasteiger partial charge on any atom is -0.394 e. The lowest BCUT2D eigenvalue weighted by atomic mass is 10.0. The highest BCUT2D eigenvalue weighted by molar-refractivity contribution is 8.77. The van der Waals surface area contributed by atoms with Crippen LogP contribution in [0.2, 0.25) is 0 Å². The van der Waals surface area contributed by atoms with Gasteiger partial charge in [0.15, 0.2) is 0 Å². The van der Waals surface area contributed by atoms with E-state index in [0.717, 1.165) is 53.0 Å². The van der Waals surface area contributed by atoms with Crippen LogP contribution in [0.15, 0.2) is 25.0 Å². The summed E-state index contributed by atoms with van der Waals surface area (Å²) in [5.41, 5.74) is 23.2. The summed E-state index contributed by atoms with van der Waals surface area (Å²) in [6, 6.07) is -24.8. The van der Waals surface area contributed by atoms with Crippen LogP contribution in [-0.2, 0) is 99.1 Å². The summed E-state index contributed by atoms with van der Waals surface area (Å²) >= 11 is 0. The molecular formula is C64H97N23O20S4. The monoisotopic (exact) mass is 1640 g/mol. The molecule has 47 heteroatoms. The van der Waals surface area contributed by atoms with Crippen LogP contribution >= 0.6 is 43.2 Å².